The summed E-state index contributed by atoms with van der Waals surface area (Å²) in [5, 5.41) is 0. The molecule has 74 heavy (non-hydrogen) atoms. The molecule has 5 heteroatoms. The maximum absolute atomic E-state index is 10.5. The molecule has 1 saturated carbocycles. The standard InChI is InChI=1S/C69H49N3S2/c1-5-24-46(25-6-1)61-63(48-28-9-3-10-29-48)66(68-71-43-70-44-72-68)64(49-30-11-4-12-31-49)62(47-26-7-2-8-27-47)65(61)51-33-21-32-50(42-51)60-52(45-22-13-14-23-45)40-41-56-67(60)74-59-39-20-17-36-55(59)69(56)53-34-15-18-37-57(53)73-58-38-19-16-35-54(58)69/h1-12,15-21,24-45H,13-14,22-23H2/i45D. The van der Waals surface area contributed by atoms with Gasteiger partial charge in [0.1, 0.15) is 12.7 Å². The molecule has 3 aliphatic rings. The maximum Gasteiger partial charge on any atom is 0.163 e. The Balaban J connectivity index is 1.14. The summed E-state index contributed by atoms with van der Waals surface area (Å²) in [5.41, 5.74) is 19.6. The quantitative estimate of drug-likeness (QED) is 0.152. The van der Waals surface area contributed by atoms with E-state index in [1.165, 1.54) is 41.8 Å². The topological polar surface area (TPSA) is 38.7 Å². The zero-order valence-corrected chi connectivity index (χ0v) is 42.2. The smallest absolute Gasteiger partial charge is 0.163 e. The Bertz CT molecular complexity index is 3790. The molecule has 1 fully saturated rings. The molecular formula is C69H49N3S2. The maximum atomic E-state index is 10.5. The van der Waals surface area contributed by atoms with Gasteiger partial charge in [0, 0.05) is 37.6 Å². The van der Waals surface area contributed by atoms with Gasteiger partial charge in [-0.2, -0.15) is 0 Å². The highest BCUT2D eigenvalue weighted by atomic mass is 32.2. The third kappa shape index (κ3) is 7.24. The van der Waals surface area contributed by atoms with Gasteiger partial charge in [0.25, 0.3) is 0 Å². The number of fused-ring (bicyclic) bond motifs is 8. The molecular weight excluding hydrogens is 935 g/mol. The second kappa shape index (κ2) is 18.8. The van der Waals surface area contributed by atoms with Crippen LogP contribution in [-0.4, -0.2) is 15.0 Å². The summed E-state index contributed by atoms with van der Waals surface area (Å²) in [5.74, 6) is -0.147. The second-order valence-electron chi connectivity index (χ2n) is 19.4. The first-order chi connectivity index (χ1) is 37.1. The zero-order chi connectivity index (χ0) is 49.9. The molecule has 0 amide bonds. The predicted octanol–water partition coefficient (Wildman–Crippen LogP) is 18.5. The van der Waals surface area contributed by atoms with Gasteiger partial charge >= 0.3 is 0 Å². The lowest BCUT2D eigenvalue weighted by Crippen LogP contribution is -2.37. The van der Waals surface area contributed by atoms with Crippen molar-refractivity contribution in [3.8, 4) is 78.1 Å². The third-order valence-corrected chi connectivity index (χ3v) is 17.7. The highest BCUT2D eigenvalue weighted by Gasteiger charge is 2.49. The summed E-state index contributed by atoms with van der Waals surface area (Å²) in [6, 6.07) is 84.5. The summed E-state index contributed by atoms with van der Waals surface area (Å²) in [4.78, 5) is 19.3. The summed E-state index contributed by atoms with van der Waals surface area (Å²) >= 11 is 3.76. The summed E-state index contributed by atoms with van der Waals surface area (Å²) < 4.78 is 10.5. The van der Waals surface area contributed by atoms with E-state index in [4.69, 9.17) is 9.97 Å². The first-order valence-electron chi connectivity index (χ1n) is 26.1. The van der Waals surface area contributed by atoms with Crippen LogP contribution in [0.2, 0.25) is 0 Å². The van der Waals surface area contributed by atoms with Crippen LogP contribution in [0.15, 0.2) is 263 Å². The van der Waals surface area contributed by atoms with Crippen LogP contribution in [0.4, 0.5) is 0 Å². The Labute approximate surface area is 442 Å². The molecule has 0 bridgehead atoms. The van der Waals surface area contributed by atoms with Crippen LogP contribution < -0.4 is 0 Å². The second-order valence-corrected chi connectivity index (χ2v) is 21.5. The minimum Gasteiger partial charge on any atom is -0.225 e. The van der Waals surface area contributed by atoms with Crippen molar-refractivity contribution in [2.45, 2.75) is 56.6 Å². The van der Waals surface area contributed by atoms with Gasteiger partial charge in [0.15, 0.2) is 5.82 Å². The molecule has 1 aromatic heterocycles. The van der Waals surface area contributed by atoms with E-state index in [0.29, 0.717) is 5.82 Å². The van der Waals surface area contributed by atoms with Gasteiger partial charge in [-0.15, -0.1) is 0 Å². The van der Waals surface area contributed by atoms with Gasteiger partial charge in [-0.25, -0.2) is 15.0 Å². The monoisotopic (exact) mass is 984 g/mol. The molecule has 1 aliphatic carbocycles. The molecule has 3 nitrogen and oxygen atoms in total. The van der Waals surface area contributed by atoms with E-state index in [2.05, 4.69) is 236 Å². The number of hydrogen-bond acceptors (Lipinski definition) is 5. The van der Waals surface area contributed by atoms with Crippen LogP contribution in [0.5, 0.6) is 0 Å². The summed E-state index contributed by atoms with van der Waals surface area (Å²) in [6.07, 6.45) is 6.94. The number of rotatable bonds is 8. The number of nitrogens with zero attached hydrogens (tertiary/aromatic N) is 3. The van der Waals surface area contributed by atoms with E-state index in [0.717, 1.165) is 104 Å². The van der Waals surface area contributed by atoms with Gasteiger partial charge in [0.2, 0.25) is 0 Å². The molecule has 0 saturated heterocycles. The van der Waals surface area contributed by atoms with Crippen molar-refractivity contribution in [2.75, 3.05) is 0 Å². The van der Waals surface area contributed by atoms with Crippen LogP contribution in [-0.2, 0) is 5.41 Å². The molecule has 352 valence electrons. The van der Waals surface area contributed by atoms with Crippen molar-refractivity contribution in [2.24, 2.45) is 0 Å². The minimum absolute atomic E-state index is 0.591. The average molecular weight is 985 g/mol. The molecule has 1 spiro atoms. The molecule has 0 N–H and O–H groups in total. The molecule has 2 aliphatic heterocycles. The molecule has 3 heterocycles. The van der Waals surface area contributed by atoms with Crippen LogP contribution in [0.1, 0.15) is 60.8 Å². The van der Waals surface area contributed by atoms with E-state index in [9.17, 15) is 1.37 Å². The van der Waals surface area contributed by atoms with Crippen molar-refractivity contribution in [1.82, 2.24) is 15.0 Å². The van der Waals surface area contributed by atoms with Gasteiger partial charge in [-0.05, 0) is 126 Å². The fourth-order valence-electron chi connectivity index (χ4n) is 12.4. The molecule has 11 aromatic rings. The van der Waals surface area contributed by atoms with Crippen LogP contribution in [0.25, 0.3) is 78.1 Å². The van der Waals surface area contributed by atoms with Gasteiger partial charge in [-0.1, -0.05) is 243 Å². The molecule has 0 atom stereocenters. The predicted molar refractivity (Wildman–Crippen MR) is 306 cm³/mol. The van der Waals surface area contributed by atoms with Crippen LogP contribution in [0, 0.1) is 0 Å². The number of aromatic nitrogens is 3. The van der Waals surface area contributed by atoms with Crippen LogP contribution >= 0.6 is 23.5 Å². The molecule has 14 rings (SSSR count). The molecule has 0 radical (unpaired) electrons. The summed E-state index contributed by atoms with van der Waals surface area (Å²) in [7, 11) is 0. The van der Waals surface area contributed by atoms with E-state index < -0.39 is 11.3 Å². The van der Waals surface area contributed by atoms with E-state index in [-0.39, 0.29) is 0 Å². The lowest BCUT2D eigenvalue weighted by molar-refractivity contribution is 0.662. The van der Waals surface area contributed by atoms with Crippen molar-refractivity contribution < 1.29 is 1.37 Å². The third-order valence-electron chi connectivity index (χ3n) is 15.4. The lowest BCUT2D eigenvalue weighted by atomic mass is 9.63. The average Bonchev–Trinajstić information content (AvgIpc) is 3.97. The van der Waals surface area contributed by atoms with E-state index in [1.54, 1.807) is 12.7 Å². The molecule has 10 aromatic carbocycles. The van der Waals surface area contributed by atoms with Crippen molar-refractivity contribution in [3.63, 3.8) is 0 Å². The van der Waals surface area contributed by atoms with E-state index >= 15 is 0 Å². The van der Waals surface area contributed by atoms with Crippen LogP contribution in [0.3, 0.4) is 0 Å². The molecule has 0 unspecified atom stereocenters. The largest absolute Gasteiger partial charge is 0.225 e. The zero-order valence-electron chi connectivity index (χ0n) is 41.6. The van der Waals surface area contributed by atoms with Gasteiger partial charge in [0.05, 0.1) is 5.41 Å². The highest BCUT2D eigenvalue weighted by molar-refractivity contribution is 8.00. The Morgan fingerprint density at radius 1 is 0.365 bits per heavy atom. The van der Waals surface area contributed by atoms with Crippen molar-refractivity contribution in [1.29, 1.82) is 0 Å². The number of hydrogen-bond donors (Lipinski definition) is 0. The van der Waals surface area contributed by atoms with Crippen molar-refractivity contribution >= 4 is 23.5 Å². The first-order valence-corrected chi connectivity index (χ1v) is 27.2. The Morgan fingerprint density at radius 3 is 1.24 bits per heavy atom. The SMILES string of the molecule is [2H]C1(c2ccc3c(c2-c2cccc(-c4c(-c5ccccc5)c(-c5ccccc5)c(-c5ncncn5)c(-c5ccccc5)c4-c4ccccc4)c2)Sc2ccccc2C32c3ccccc3Sc3ccccc32)CCCC1. The Kier molecular flexibility index (Phi) is 11.0. The lowest BCUT2D eigenvalue weighted by Gasteiger charge is -2.46. The first kappa shape index (κ1) is 43.5. The fourth-order valence-corrected chi connectivity index (χ4v) is 14.9. The Morgan fingerprint density at radius 2 is 0.757 bits per heavy atom. The Hall–Kier alpha value is -8.09. The minimum atomic E-state index is -0.749. The fraction of sp³-hybridized carbons (Fsp3) is 0.0870. The van der Waals surface area contributed by atoms with Gasteiger partial charge in [-0.3, -0.25) is 0 Å². The van der Waals surface area contributed by atoms with Crippen molar-refractivity contribution in [3.05, 3.63) is 271 Å². The van der Waals surface area contributed by atoms with Gasteiger partial charge < -0.3 is 0 Å². The summed E-state index contributed by atoms with van der Waals surface area (Å²) in [6.45, 7) is 0. The van der Waals surface area contributed by atoms with E-state index in [1.807, 2.05) is 23.5 Å². The highest BCUT2D eigenvalue weighted by Crippen LogP contribution is 2.64. The number of benzene rings is 10. The normalized spacial score (nSPS) is 14.8.